The molecule has 92 valence electrons. The molecule has 0 spiro atoms. The van der Waals surface area contributed by atoms with Gasteiger partial charge < -0.3 is 8.98 Å². The summed E-state index contributed by atoms with van der Waals surface area (Å²) < 4.78 is 7.60. The fourth-order valence-electron chi connectivity index (χ4n) is 2.14. The summed E-state index contributed by atoms with van der Waals surface area (Å²) in [5, 5.41) is 0. The van der Waals surface area contributed by atoms with E-state index in [0.717, 1.165) is 22.4 Å². The molecule has 3 heteroatoms. The molecule has 0 N–H and O–H groups in total. The highest BCUT2D eigenvalue weighted by molar-refractivity contribution is 5.81. The van der Waals surface area contributed by atoms with E-state index in [1.807, 2.05) is 18.5 Å². The standard InChI is InChI=1S/C15H16N2O/c1-15(2,3)17-10-16-12-9-11(6-7-13(12)17)14-5-4-8-18-14/h4-10H,1-3H3. The zero-order chi connectivity index (χ0) is 12.8. The fraction of sp³-hybridized carbons (Fsp3) is 0.267. The lowest BCUT2D eigenvalue weighted by Gasteiger charge is -2.21. The van der Waals surface area contributed by atoms with Crippen molar-refractivity contribution in [3.8, 4) is 11.3 Å². The van der Waals surface area contributed by atoms with Crippen LogP contribution in [0.15, 0.2) is 47.3 Å². The molecule has 0 aliphatic carbocycles. The molecule has 3 nitrogen and oxygen atoms in total. The Bertz CT molecular complexity index is 672. The number of rotatable bonds is 1. The van der Waals surface area contributed by atoms with E-state index in [9.17, 15) is 0 Å². The predicted octanol–water partition coefficient (Wildman–Crippen LogP) is 4.05. The number of nitrogens with zero attached hydrogens (tertiary/aromatic N) is 2. The van der Waals surface area contributed by atoms with E-state index in [0.29, 0.717) is 0 Å². The first-order valence-corrected chi connectivity index (χ1v) is 6.07. The zero-order valence-electron chi connectivity index (χ0n) is 10.8. The molecule has 0 saturated heterocycles. The molecule has 0 atom stereocenters. The van der Waals surface area contributed by atoms with Crippen molar-refractivity contribution in [1.82, 2.24) is 9.55 Å². The summed E-state index contributed by atoms with van der Waals surface area (Å²) in [4.78, 5) is 4.48. The Balaban J connectivity index is 2.16. The Kier molecular flexibility index (Phi) is 2.30. The number of furan rings is 1. The molecule has 1 aromatic carbocycles. The van der Waals surface area contributed by atoms with Gasteiger partial charge in [0.05, 0.1) is 23.6 Å². The second kappa shape index (κ2) is 3.73. The van der Waals surface area contributed by atoms with Crippen LogP contribution >= 0.6 is 0 Å². The smallest absolute Gasteiger partial charge is 0.133 e. The van der Waals surface area contributed by atoms with Gasteiger partial charge in [0.25, 0.3) is 0 Å². The quantitative estimate of drug-likeness (QED) is 0.642. The van der Waals surface area contributed by atoms with Gasteiger partial charge in [0, 0.05) is 11.1 Å². The van der Waals surface area contributed by atoms with Gasteiger partial charge in [-0.05, 0) is 51.1 Å². The minimum absolute atomic E-state index is 0.0426. The van der Waals surface area contributed by atoms with Crippen LogP contribution in [-0.2, 0) is 5.54 Å². The predicted molar refractivity (Wildman–Crippen MR) is 72.4 cm³/mol. The van der Waals surface area contributed by atoms with Gasteiger partial charge in [0.2, 0.25) is 0 Å². The summed E-state index contributed by atoms with van der Waals surface area (Å²) in [5.74, 6) is 0.877. The van der Waals surface area contributed by atoms with E-state index >= 15 is 0 Å². The number of hydrogen-bond donors (Lipinski definition) is 0. The molecule has 0 amide bonds. The fourth-order valence-corrected chi connectivity index (χ4v) is 2.14. The molecule has 0 saturated carbocycles. The van der Waals surface area contributed by atoms with Crippen LogP contribution in [0.2, 0.25) is 0 Å². The maximum absolute atomic E-state index is 5.41. The van der Waals surface area contributed by atoms with Crippen LogP contribution < -0.4 is 0 Å². The topological polar surface area (TPSA) is 31.0 Å². The Morgan fingerprint density at radius 3 is 2.67 bits per heavy atom. The molecular formula is C15H16N2O. The van der Waals surface area contributed by atoms with Crippen molar-refractivity contribution in [2.24, 2.45) is 0 Å². The van der Waals surface area contributed by atoms with Gasteiger partial charge in [-0.15, -0.1) is 0 Å². The number of aromatic nitrogens is 2. The lowest BCUT2D eigenvalue weighted by Crippen LogP contribution is -2.20. The Labute approximate surface area is 106 Å². The molecule has 18 heavy (non-hydrogen) atoms. The lowest BCUT2D eigenvalue weighted by atomic mass is 10.1. The molecule has 3 rings (SSSR count). The number of fused-ring (bicyclic) bond motifs is 1. The van der Waals surface area contributed by atoms with E-state index in [2.05, 4.69) is 48.5 Å². The minimum atomic E-state index is 0.0426. The van der Waals surface area contributed by atoms with Crippen molar-refractivity contribution in [3.63, 3.8) is 0 Å². The number of benzene rings is 1. The first-order valence-electron chi connectivity index (χ1n) is 6.07. The van der Waals surface area contributed by atoms with Gasteiger partial charge in [-0.1, -0.05) is 0 Å². The number of imidazole rings is 1. The average molecular weight is 240 g/mol. The van der Waals surface area contributed by atoms with Gasteiger partial charge in [-0.25, -0.2) is 4.98 Å². The van der Waals surface area contributed by atoms with Crippen LogP contribution in [-0.4, -0.2) is 9.55 Å². The van der Waals surface area contributed by atoms with Crippen molar-refractivity contribution < 1.29 is 4.42 Å². The third-order valence-electron chi connectivity index (χ3n) is 3.08. The average Bonchev–Trinajstić information content (AvgIpc) is 2.96. The molecule has 0 aliphatic rings. The zero-order valence-corrected chi connectivity index (χ0v) is 10.8. The van der Waals surface area contributed by atoms with Gasteiger partial charge in [0.1, 0.15) is 5.76 Å². The summed E-state index contributed by atoms with van der Waals surface area (Å²) in [5.41, 5.74) is 3.25. The summed E-state index contributed by atoms with van der Waals surface area (Å²) in [6.45, 7) is 6.53. The van der Waals surface area contributed by atoms with Crippen molar-refractivity contribution in [3.05, 3.63) is 42.9 Å². The minimum Gasteiger partial charge on any atom is -0.464 e. The van der Waals surface area contributed by atoms with Crippen molar-refractivity contribution in [2.45, 2.75) is 26.3 Å². The second-order valence-electron chi connectivity index (χ2n) is 5.47. The van der Waals surface area contributed by atoms with E-state index in [-0.39, 0.29) is 5.54 Å². The van der Waals surface area contributed by atoms with Crippen molar-refractivity contribution in [1.29, 1.82) is 0 Å². The number of hydrogen-bond acceptors (Lipinski definition) is 2. The highest BCUT2D eigenvalue weighted by atomic mass is 16.3. The lowest BCUT2D eigenvalue weighted by molar-refractivity contribution is 0.408. The third-order valence-corrected chi connectivity index (χ3v) is 3.08. The summed E-state index contributed by atoms with van der Waals surface area (Å²) in [7, 11) is 0. The molecule has 2 aromatic heterocycles. The molecule has 0 aliphatic heterocycles. The van der Waals surface area contributed by atoms with E-state index in [1.165, 1.54) is 0 Å². The molecular weight excluding hydrogens is 224 g/mol. The van der Waals surface area contributed by atoms with E-state index in [1.54, 1.807) is 6.26 Å². The molecule has 0 fully saturated rings. The third kappa shape index (κ3) is 1.72. The van der Waals surface area contributed by atoms with E-state index < -0.39 is 0 Å². The van der Waals surface area contributed by atoms with Crippen LogP contribution in [0.5, 0.6) is 0 Å². The van der Waals surface area contributed by atoms with Crippen LogP contribution in [0.3, 0.4) is 0 Å². The molecule has 0 unspecified atom stereocenters. The van der Waals surface area contributed by atoms with Gasteiger partial charge >= 0.3 is 0 Å². The van der Waals surface area contributed by atoms with Crippen LogP contribution in [0, 0.1) is 0 Å². The monoisotopic (exact) mass is 240 g/mol. The SMILES string of the molecule is CC(C)(C)n1cnc2cc(-c3ccco3)ccc21. The van der Waals surface area contributed by atoms with E-state index in [4.69, 9.17) is 4.42 Å². The summed E-state index contributed by atoms with van der Waals surface area (Å²) in [6, 6.07) is 10.1. The van der Waals surface area contributed by atoms with Crippen LogP contribution in [0.25, 0.3) is 22.4 Å². The molecule has 2 heterocycles. The normalized spacial score (nSPS) is 12.2. The Morgan fingerprint density at radius 2 is 2.00 bits per heavy atom. The Morgan fingerprint density at radius 1 is 1.17 bits per heavy atom. The first-order chi connectivity index (χ1) is 8.55. The first kappa shape index (κ1) is 11.1. The van der Waals surface area contributed by atoms with Crippen molar-refractivity contribution in [2.75, 3.05) is 0 Å². The summed E-state index contributed by atoms with van der Waals surface area (Å²) >= 11 is 0. The van der Waals surface area contributed by atoms with Gasteiger partial charge in [0.15, 0.2) is 0 Å². The molecule has 3 aromatic rings. The maximum atomic E-state index is 5.41. The summed E-state index contributed by atoms with van der Waals surface area (Å²) in [6.07, 6.45) is 3.59. The van der Waals surface area contributed by atoms with Crippen molar-refractivity contribution >= 4 is 11.0 Å². The van der Waals surface area contributed by atoms with Crippen LogP contribution in [0.1, 0.15) is 20.8 Å². The molecule has 0 radical (unpaired) electrons. The van der Waals surface area contributed by atoms with Gasteiger partial charge in [-0.3, -0.25) is 0 Å². The van der Waals surface area contributed by atoms with Gasteiger partial charge in [-0.2, -0.15) is 0 Å². The maximum Gasteiger partial charge on any atom is 0.133 e. The molecule has 0 bridgehead atoms. The second-order valence-corrected chi connectivity index (χ2v) is 5.47. The largest absolute Gasteiger partial charge is 0.464 e. The van der Waals surface area contributed by atoms with Crippen LogP contribution in [0.4, 0.5) is 0 Å². The highest BCUT2D eigenvalue weighted by Gasteiger charge is 2.16. The highest BCUT2D eigenvalue weighted by Crippen LogP contribution is 2.27. The Hall–Kier alpha value is -2.03.